The number of aromatic nitrogens is 2. The molecular formula is C14H25N3. The van der Waals surface area contributed by atoms with Crippen LogP contribution in [-0.2, 0) is 13.6 Å². The number of nitrogens with one attached hydrogen (secondary N) is 1. The molecule has 1 fully saturated rings. The second kappa shape index (κ2) is 5.21. The predicted molar refractivity (Wildman–Crippen MR) is 70.9 cm³/mol. The van der Waals surface area contributed by atoms with Gasteiger partial charge in [-0.1, -0.05) is 19.8 Å². The monoisotopic (exact) mass is 235 g/mol. The summed E-state index contributed by atoms with van der Waals surface area (Å²) in [5.41, 5.74) is 3.84. The minimum Gasteiger partial charge on any atom is -0.310 e. The van der Waals surface area contributed by atoms with Crippen LogP contribution >= 0.6 is 0 Å². The van der Waals surface area contributed by atoms with Crippen LogP contribution < -0.4 is 5.32 Å². The molecule has 0 spiro atoms. The molecule has 3 heteroatoms. The highest BCUT2D eigenvalue weighted by Gasteiger charge is 2.21. The first-order valence-electron chi connectivity index (χ1n) is 6.82. The maximum absolute atomic E-state index is 4.47. The van der Waals surface area contributed by atoms with Crippen LogP contribution in [0.4, 0.5) is 0 Å². The van der Waals surface area contributed by atoms with E-state index in [0.29, 0.717) is 6.04 Å². The lowest BCUT2D eigenvalue weighted by atomic mass is 9.86. The molecule has 0 aliphatic heterocycles. The van der Waals surface area contributed by atoms with Crippen LogP contribution in [0.1, 0.15) is 49.6 Å². The van der Waals surface area contributed by atoms with E-state index in [0.717, 1.165) is 12.5 Å². The van der Waals surface area contributed by atoms with Crippen LogP contribution in [0.15, 0.2) is 0 Å². The van der Waals surface area contributed by atoms with Gasteiger partial charge in [-0.15, -0.1) is 0 Å². The quantitative estimate of drug-likeness (QED) is 0.873. The molecular weight excluding hydrogens is 210 g/mol. The average Bonchev–Trinajstić information content (AvgIpc) is 2.53. The lowest BCUT2D eigenvalue weighted by molar-refractivity contribution is 0.279. The van der Waals surface area contributed by atoms with Crippen molar-refractivity contribution in [2.24, 2.45) is 13.0 Å². The van der Waals surface area contributed by atoms with Gasteiger partial charge in [-0.25, -0.2) is 0 Å². The van der Waals surface area contributed by atoms with Gasteiger partial charge in [0, 0.05) is 30.9 Å². The number of nitrogens with zero attached hydrogens (tertiary/aromatic N) is 2. The molecule has 1 heterocycles. The zero-order valence-corrected chi connectivity index (χ0v) is 11.6. The van der Waals surface area contributed by atoms with Crippen molar-refractivity contribution >= 4 is 0 Å². The SMILES string of the molecule is Cc1nn(C)c(C)c1CNC1CCCCC1C. The fourth-order valence-electron chi connectivity index (χ4n) is 2.93. The van der Waals surface area contributed by atoms with Crippen LogP contribution in [-0.4, -0.2) is 15.8 Å². The standard InChI is InChI=1S/C14H25N3/c1-10-7-5-6-8-14(10)15-9-13-11(2)16-17(4)12(13)3/h10,14-15H,5-9H2,1-4H3. The molecule has 1 aliphatic carbocycles. The van der Waals surface area contributed by atoms with Gasteiger partial charge in [0.2, 0.25) is 0 Å². The Labute approximate surface area is 105 Å². The van der Waals surface area contributed by atoms with Gasteiger partial charge in [-0.3, -0.25) is 4.68 Å². The third-order valence-corrected chi connectivity index (χ3v) is 4.31. The van der Waals surface area contributed by atoms with Crippen LogP contribution in [0.2, 0.25) is 0 Å². The van der Waals surface area contributed by atoms with E-state index in [9.17, 15) is 0 Å². The largest absolute Gasteiger partial charge is 0.310 e. The Hall–Kier alpha value is -0.830. The van der Waals surface area contributed by atoms with Crippen LogP contribution in [0.3, 0.4) is 0 Å². The van der Waals surface area contributed by atoms with Crippen molar-refractivity contribution in [2.75, 3.05) is 0 Å². The van der Waals surface area contributed by atoms with Crippen molar-refractivity contribution in [1.29, 1.82) is 0 Å². The van der Waals surface area contributed by atoms with Crippen molar-refractivity contribution in [3.8, 4) is 0 Å². The van der Waals surface area contributed by atoms with Crippen molar-refractivity contribution < 1.29 is 0 Å². The highest BCUT2D eigenvalue weighted by atomic mass is 15.3. The minimum absolute atomic E-state index is 0.697. The van der Waals surface area contributed by atoms with E-state index in [1.807, 2.05) is 11.7 Å². The number of hydrogen-bond acceptors (Lipinski definition) is 2. The van der Waals surface area contributed by atoms with Gasteiger partial charge in [-0.05, 0) is 32.6 Å². The molecule has 17 heavy (non-hydrogen) atoms. The number of hydrogen-bond donors (Lipinski definition) is 1. The summed E-state index contributed by atoms with van der Waals surface area (Å²) in [5, 5.41) is 8.20. The zero-order chi connectivity index (χ0) is 12.4. The van der Waals surface area contributed by atoms with E-state index in [1.54, 1.807) is 0 Å². The zero-order valence-electron chi connectivity index (χ0n) is 11.6. The molecule has 0 radical (unpaired) electrons. The van der Waals surface area contributed by atoms with Crippen molar-refractivity contribution in [3.63, 3.8) is 0 Å². The first-order valence-corrected chi connectivity index (χ1v) is 6.82. The maximum atomic E-state index is 4.47. The Balaban J connectivity index is 1.97. The van der Waals surface area contributed by atoms with Gasteiger partial charge >= 0.3 is 0 Å². The lowest BCUT2D eigenvalue weighted by Gasteiger charge is -2.29. The van der Waals surface area contributed by atoms with E-state index in [4.69, 9.17) is 0 Å². The molecule has 1 aromatic heterocycles. The van der Waals surface area contributed by atoms with E-state index >= 15 is 0 Å². The average molecular weight is 235 g/mol. The van der Waals surface area contributed by atoms with Gasteiger partial charge in [0.05, 0.1) is 5.69 Å². The lowest BCUT2D eigenvalue weighted by Crippen LogP contribution is -2.36. The molecule has 0 aromatic carbocycles. The molecule has 96 valence electrons. The fraction of sp³-hybridized carbons (Fsp3) is 0.786. The molecule has 1 N–H and O–H groups in total. The van der Waals surface area contributed by atoms with Crippen molar-refractivity contribution in [2.45, 2.75) is 59.0 Å². The first kappa shape index (κ1) is 12.6. The summed E-state index contributed by atoms with van der Waals surface area (Å²) in [5.74, 6) is 0.820. The second-order valence-corrected chi connectivity index (χ2v) is 5.52. The highest BCUT2D eigenvalue weighted by molar-refractivity contribution is 5.24. The molecule has 1 saturated carbocycles. The predicted octanol–water partition coefficient (Wildman–Crippen LogP) is 2.71. The van der Waals surface area contributed by atoms with Crippen LogP contribution in [0.5, 0.6) is 0 Å². The first-order chi connectivity index (χ1) is 8.09. The molecule has 1 aromatic rings. The number of rotatable bonds is 3. The molecule has 0 amide bonds. The molecule has 2 unspecified atom stereocenters. The Morgan fingerprint density at radius 3 is 2.59 bits per heavy atom. The smallest absolute Gasteiger partial charge is 0.0641 e. The summed E-state index contributed by atoms with van der Waals surface area (Å²) in [6, 6.07) is 0.697. The van der Waals surface area contributed by atoms with Gasteiger partial charge in [-0.2, -0.15) is 5.10 Å². The maximum Gasteiger partial charge on any atom is 0.0641 e. The van der Waals surface area contributed by atoms with E-state index in [2.05, 4.69) is 31.2 Å². The summed E-state index contributed by atoms with van der Waals surface area (Å²) < 4.78 is 1.98. The van der Waals surface area contributed by atoms with Crippen molar-refractivity contribution in [3.05, 3.63) is 17.0 Å². The van der Waals surface area contributed by atoms with Crippen LogP contribution in [0.25, 0.3) is 0 Å². The number of aryl methyl sites for hydroxylation is 2. The van der Waals surface area contributed by atoms with Gasteiger partial charge in [0.1, 0.15) is 0 Å². The van der Waals surface area contributed by atoms with E-state index < -0.39 is 0 Å². The highest BCUT2D eigenvalue weighted by Crippen LogP contribution is 2.24. The second-order valence-electron chi connectivity index (χ2n) is 5.52. The Morgan fingerprint density at radius 2 is 2.00 bits per heavy atom. The van der Waals surface area contributed by atoms with E-state index in [-0.39, 0.29) is 0 Å². The molecule has 0 saturated heterocycles. The van der Waals surface area contributed by atoms with Crippen LogP contribution in [0, 0.1) is 19.8 Å². The summed E-state index contributed by atoms with van der Waals surface area (Å²) in [7, 11) is 2.02. The molecule has 1 aliphatic rings. The molecule has 0 bridgehead atoms. The topological polar surface area (TPSA) is 29.9 Å². The molecule has 2 rings (SSSR count). The third kappa shape index (κ3) is 2.71. The molecule has 3 nitrogen and oxygen atoms in total. The van der Waals surface area contributed by atoms with Gasteiger partial charge in [0.15, 0.2) is 0 Å². The summed E-state index contributed by atoms with van der Waals surface area (Å²) in [4.78, 5) is 0. The Kier molecular flexibility index (Phi) is 3.87. The van der Waals surface area contributed by atoms with E-state index in [1.165, 1.54) is 42.6 Å². The third-order valence-electron chi connectivity index (χ3n) is 4.31. The normalized spacial score (nSPS) is 25.2. The summed E-state index contributed by atoms with van der Waals surface area (Å²) in [6.45, 7) is 7.61. The Morgan fingerprint density at radius 1 is 1.29 bits per heavy atom. The Bertz CT molecular complexity index is 381. The van der Waals surface area contributed by atoms with Gasteiger partial charge in [0.25, 0.3) is 0 Å². The molecule has 2 atom stereocenters. The van der Waals surface area contributed by atoms with Gasteiger partial charge < -0.3 is 5.32 Å². The summed E-state index contributed by atoms with van der Waals surface area (Å²) >= 11 is 0. The fourth-order valence-corrected chi connectivity index (χ4v) is 2.93. The minimum atomic E-state index is 0.697. The van der Waals surface area contributed by atoms with Crippen molar-refractivity contribution in [1.82, 2.24) is 15.1 Å². The summed E-state index contributed by atoms with van der Waals surface area (Å²) in [6.07, 6.45) is 5.50.